The summed E-state index contributed by atoms with van der Waals surface area (Å²) in [5, 5.41) is 0. The van der Waals surface area contributed by atoms with Gasteiger partial charge in [0.05, 0.1) is 11.2 Å². The zero-order chi connectivity index (χ0) is 13.4. The first kappa shape index (κ1) is 13.7. The second-order valence-corrected chi connectivity index (χ2v) is 8.15. The Kier molecular flexibility index (Phi) is 3.63. The van der Waals surface area contributed by atoms with Crippen molar-refractivity contribution in [2.45, 2.75) is 56.6 Å². The molecule has 18 heavy (non-hydrogen) atoms. The lowest BCUT2D eigenvalue weighted by Gasteiger charge is -2.38. The van der Waals surface area contributed by atoms with Crippen molar-refractivity contribution >= 4 is 21.4 Å². The third kappa shape index (κ3) is 2.13. The van der Waals surface area contributed by atoms with Crippen LogP contribution < -0.4 is 0 Å². The quantitative estimate of drug-likeness (QED) is 0.733. The molecule has 0 N–H and O–H groups in total. The van der Waals surface area contributed by atoms with E-state index in [0.29, 0.717) is 12.8 Å². The number of carbonyl (C=O) groups is 2. The second kappa shape index (κ2) is 4.76. The van der Waals surface area contributed by atoms with Crippen molar-refractivity contribution in [1.82, 2.24) is 0 Å². The van der Waals surface area contributed by atoms with Crippen molar-refractivity contribution in [2.24, 2.45) is 5.92 Å². The average molecular weight is 272 g/mol. The Bertz CT molecular complexity index is 441. The van der Waals surface area contributed by atoms with E-state index in [1.807, 2.05) is 0 Å². The van der Waals surface area contributed by atoms with Crippen molar-refractivity contribution < 1.29 is 18.0 Å². The Morgan fingerprint density at radius 3 is 2.06 bits per heavy atom. The van der Waals surface area contributed by atoms with Gasteiger partial charge < -0.3 is 0 Å². The summed E-state index contributed by atoms with van der Waals surface area (Å²) < 4.78 is 24.0. The average Bonchev–Trinajstić information content (AvgIpc) is 2.78. The lowest BCUT2D eigenvalue weighted by Crippen LogP contribution is -2.47. The SMILES string of the molecule is CCS(=O)(=O)C1(C2CC(=O)CC(=O)C2)CCCC1. The molecule has 0 aromatic carbocycles. The number of Topliss-reactive ketones (excluding diaryl/α,β-unsaturated/α-hetero) is 2. The summed E-state index contributed by atoms with van der Waals surface area (Å²) >= 11 is 0. The number of sulfone groups is 1. The van der Waals surface area contributed by atoms with E-state index in [1.165, 1.54) is 0 Å². The predicted octanol–water partition coefficient (Wildman–Crippen LogP) is 1.67. The van der Waals surface area contributed by atoms with Gasteiger partial charge in [0, 0.05) is 18.6 Å². The summed E-state index contributed by atoms with van der Waals surface area (Å²) in [5.74, 6) is -0.354. The van der Waals surface area contributed by atoms with Gasteiger partial charge in [-0.05, 0) is 18.8 Å². The van der Waals surface area contributed by atoms with Crippen molar-refractivity contribution in [2.75, 3.05) is 5.75 Å². The number of carbonyl (C=O) groups excluding carboxylic acids is 2. The highest BCUT2D eigenvalue weighted by Crippen LogP contribution is 2.47. The molecule has 0 aromatic rings. The highest BCUT2D eigenvalue weighted by atomic mass is 32.2. The van der Waals surface area contributed by atoms with Crippen molar-refractivity contribution in [3.63, 3.8) is 0 Å². The van der Waals surface area contributed by atoms with Gasteiger partial charge >= 0.3 is 0 Å². The predicted molar refractivity (Wildman–Crippen MR) is 68.0 cm³/mol. The molecule has 0 radical (unpaired) electrons. The molecular weight excluding hydrogens is 252 g/mol. The summed E-state index contributed by atoms with van der Waals surface area (Å²) in [6.45, 7) is 1.65. The lowest BCUT2D eigenvalue weighted by atomic mass is 9.77. The van der Waals surface area contributed by atoms with Crippen LogP contribution in [0.15, 0.2) is 0 Å². The van der Waals surface area contributed by atoms with Gasteiger partial charge in [-0.1, -0.05) is 19.8 Å². The van der Waals surface area contributed by atoms with E-state index in [9.17, 15) is 18.0 Å². The van der Waals surface area contributed by atoms with Gasteiger partial charge in [0.25, 0.3) is 0 Å². The third-order valence-corrected chi connectivity index (χ3v) is 7.28. The summed E-state index contributed by atoms with van der Waals surface area (Å²) in [7, 11) is -3.21. The van der Waals surface area contributed by atoms with Crippen LogP contribution in [-0.2, 0) is 19.4 Å². The van der Waals surface area contributed by atoms with E-state index in [-0.39, 0.29) is 42.5 Å². The van der Waals surface area contributed by atoms with Crippen LogP contribution in [-0.4, -0.2) is 30.5 Å². The largest absolute Gasteiger partial charge is 0.299 e. The molecule has 0 aliphatic heterocycles. The van der Waals surface area contributed by atoms with Crippen molar-refractivity contribution in [1.29, 1.82) is 0 Å². The van der Waals surface area contributed by atoms with E-state index in [4.69, 9.17) is 0 Å². The molecule has 0 aromatic heterocycles. The minimum atomic E-state index is -3.21. The number of ketones is 2. The summed E-state index contributed by atoms with van der Waals surface area (Å²) in [6.07, 6.45) is 3.55. The molecule has 0 atom stereocenters. The molecular formula is C13H20O4S. The van der Waals surface area contributed by atoms with Crippen LogP contribution in [0.4, 0.5) is 0 Å². The van der Waals surface area contributed by atoms with E-state index >= 15 is 0 Å². The van der Waals surface area contributed by atoms with Gasteiger partial charge in [-0.15, -0.1) is 0 Å². The van der Waals surface area contributed by atoms with Crippen LogP contribution in [0.2, 0.25) is 0 Å². The summed E-state index contributed by atoms with van der Waals surface area (Å²) in [4.78, 5) is 23.2. The maximum Gasteiger partial charge on any atom is 0.156 e. The Morgan fingerprint density at radius 2 is 1.61 bits per heavy atom. The zero-order valence-corrected chi connectivity index (χ0v) is 11.6. The monoisotopic (exact) mass is 272 g/mol. The second-order valence-electron chi connectivity index (χ2n) is 5.53. The molecule has 4 nitrogen and oxygen atoms in total. The molecule has 2 aliphatic rings. The molecule has 102 valence electrons. The molecule has 2 rings (SSSR count). The molecule has 2 aliphatic carbocycles. The van der Waals surface area contributed by atoms with Crippen LogP contribution in [0, 0.1) is 5.92 Å². The van der Waals surface area contributed by atoms with Crippen LogP contribution in [0.1, 0.15) is 51.9 Å². The Labute approximate surface area is 108 Å². The number of hydrogen-bond acceptors (Lipinski definition) is 4. The van der Waals surface area contributed by atoms with Gasteiger partial charge in [0.1, 0.15) is 11.6 Å². The maximum atomic E-state index is 12.4. The van der Waals surface area contributed by atoms with Crippen molar-refractivity contribution in [3.05, 3.63) is 0 Å². The van der Waals surface area contributed by atoms with E-state index < -0.39 is 14.6 Å². The van der Waals surface area contributed by atoms with E-state index in [0.717, 1.165) is 12.8 Å². The molecule has 2 fully saturated rings. The molecule has 0 heterocycles. The molecule has 0 unspecified atom stereocenters. The fourth-order valence-electron chi connectivity index (χ4n) is 3.59. The first-order valence-electron chi connectivity index (χ1n) is 6.67. The standard InChI is InChI=1S/C13H20O4S/c1-2-18(16,17)13(5-3-4-6-13)10-7-11(14)9-12(15)8-10/h10H,2-9H2,1H3. The first-order chi connectivity index (χ1) is 8.41. The topological polar surface area (TPSA) is 68.3 Å². The molecule has 0 amide bonds. The normalized spacial score (nSPS) is 25.6. The highest BCUT2D eigenvalue weighted by molar-refractivity contribution is 7.92. The summed E-state index contributed by atoms with van der Waals surface area (Å²) in [5.41, 5.74) is 0. The summed E-state index contributed by atoms with van der Waals surface area (Å²) in [6, 6.07) is 0. The number of hydrogen-bond donors (Lipinski definition) is 0. The van der Waals surface area contributed by atoms with Gasteiger partial charge in [-0.3, -0.25) is 9.59 Å². The molecule has 5 heteroatoms. The van der Waals surface area contributed by atoms with Crippen LogP contribution in [0.5, 0.6) is 0 Å². The van der Waals surface area contributed by atoms with Crippen molar-refractivity contribution in [3.8, 4) is 0 Å². The fourth-order valence-corrected chi connectivity index (χ4v) is 5.75. The van der Waals surface area contributed by atoms with Crippen LogP contribution >= 0.6 is 0 Å². The zero-order valence-electron chi connectivity index (χ0n) is 10.8. The minimum absolute atomic E-state index is 0.00124. The molecule has 0 bridgehead atoms. The van der Waals surface area contributed by atoms with Gasteiger partial charge in [-0.2, -0.15) is 0 Å². The van der Waals surface area contributed by atoms with E-state index in [1.54, 1.807) is 6.92 Å². The lowest BCUT2D eigenvalue weighted by molar-refractivity contribution is -0.131. The Balaban J connectivity index is 2.36. The Hall–Kier alpha value is -0.710. The van der Waals surface area contributed by atoms with Crippen LogP contribution in [0.25, 0.3) is 0 Å². The number of rotatable bonds is 3. The van der Waals surface area contributed by atoms with Crippen LogP contribution in [0.3, 0.4) is 0 Å². The molecule has 2 saturated carbocycles. The third-order valence-electron chi connectivity index (χ3n) is 4.54. The van der Waals surface area contributed by atoms with Gasteiger partial charge in [0.15, 0.2) is 9.84 Å². The smallest absolute Gasteiger partial charge is 0.156 e. The van der Waals surface area contributed by atoms with Gasteiger partial charge in [-0.25, -0.2) is 8.42 Å². The minimum Gasteiger partial charge on any atom is -0.299 e. The molecule has 0 spiro atoms. The Morgan fingerprint density at radius 1 is 1.11 bits per heavy atom. The highest BCUT2D eigenvalue weighted by Gasteiger charge is 2.52. The molecule has 0 saturated heterocycles. The fraction of sp³-hybridized carbons (Fsp3) is 0.846. The van der Waals surface area contributed by atoms with Gasteiger partial charge in [0.2, 0.25) is 0 Å². The maximum absolute atomic E-state index is 12.4. The first-order valence-corrected chi connectivity index (χ1v) is 8.32. The van der Waals surface area contributed by atoms with E-state index in [2.05, 4.69) is 0 Å².